The fourth-order valence-electron chi connectivity index (χ4n) is 9.31. The molecule has 372 valence electrons. The van der Waals surface area contributed by atoms with E-state index in [2.05, 4.69) is 15.6 Å². The molecule has 3 aromatic carbocycles. The minimum absolute atomic E-state index is 0.168. The maximum Gasteiger partial charge on any atom is 0.262 e. The number of amides is 5. The Labute approximate surface area is 411 Å². The molecule has 1 fully saturated rings. The number of hydrogen-bond donors (Lipinski definition) is 2. The van der Waals surface area contributed by atoms with Crippen molar-refractivity contribution < 1.29 is 41.9 Å². The number of hydrogen-bond acceptors (Lipinski definition) is 11. The molecule has 2 aliphatic rings. The quantitative estimate of drug-likeness (QED) is 0.0509. The summed E-state index contributed by atoms with van der Waals surface area (Å²) in [5.41, 5.74) is 6.15. The lowest BCUT2D eigenvalue weighted by atomic mass is 9.85. The molecule has 0 bridgehead atoms. The Kier molecular flexibility index (Phi) is 18.2. The number of carbonyl (C=O) groups excluding carboxylic acids is 5. The average molecular weight is 984 g/mol. The van der Waals surface area contributed by atoms with Crippen LogP contribution in [0, 0.1) is 12.3 Å². The van der Waals surface area contributed by atoms with E-state index in [0.29, 0.717) is 68.0 Å². The first-order valence-electron chi connectivity index (χ1n) is 24.3. The number of benzene rings is 3. The van der Waals surface area contributed by atoms with Crippen molar-refractivity contribution in [2.75, 3.05) is 32.3 Å². The summed E-state index contributed by atoms with van der Waals surface area (Å²) < 4.78 is 36.5. The Morgan fingerprint density at radius 2 is 1.61 bits per heavy atom. The maximum absolute atomic E-state index is 14.1. The van der Waals surface area contributed by atoms with Crippen LogP contribution < -0.4 is 20.1 Å². The van der Waals surface area contributed by atoms with E-state index in [1.807, 2.05) is 70.5 Å². The van der Waals surface area contributed by atoms with E-state index in [1.54, 1.807) is 46.6 Å². The highest BCUT2D eigenvalue weighted by Crippen LogP contribution is 2.38. The number of aryl methyl sites for hydroxylation is 2. The van der Waals surface area contributed by atoms with Gasteiger partial charge in [-0.3, -0.25) is 28.9 Å². The molecule has 2 unspecified atom stereocenters. The van der Waals surface area contributed by atoms with Crippen LogP contribution in [0.15, 0.2) is 66.2 Å². The van der Waals surface area contributed by atoms with Gasteiger partial charge in [-0.25, -0.2) is 13.4 Å². The predicted octanol–water partition coefficient (Wildman–Crippen LogP) is 8.80. The number of fused-ring (bicyclic) bond motifs is 1. The molecule has 69 heavy (non-hydrogen) atoms. The van der Waals surface area contributed by atoms with Gasteiger partial charge < -0.3 is 25.0 Å². The molecule has 14 nitrogen and oxygen atoms in total. The zero-order valence-electron chi connectivity index (χ0n) is 41.2. The van der Waals surface area contributed by atoms with Gasteiger partial charge in [-0.2, -0.15) is 0 Å². The molecule has 0 saturated carbocycles. The number of carbonyl (C=O) groups is 5. The van der Waals surface area contributed by atoms with E-state index >= 15 is 0 Å². The molecular weight excluding hydrogens is 915 g/mol. The van der Waals surface area contributed by atoms with E-state index in [-0.39, 0.29) is 23.3 Å². The lowest BCUT2D eigenvalue weighted by Crippen LogP contribution is -2.57. The summed E-state index contributed by atoms with van der Waals surface area (Å²) >= 11 is 1.60. The summed E-state index contributed by atoms with van der Waals surface area (Å²) in [4.78, 5) is 76.8. The molecule has 2 aliphatic heterocycles. The number of likely N-dealkylation sites (tertiary alicyclic amines) is 1. The number of sulfone groups is 1. The lowest BCUT2D eigenvalue weighted by Gasteiger charge is -2.35. The fraction of sp³-hybridized carbons (Fsp3) is 0.509. The lowest BCUT2D eigenvalue weighted by molar-refractivity contribution is -0.143. The minimum atomic E-state index is -3.62. The van der Waals surface area contributed by atoms with Crippen LogP contribution in [0.2, 0.25) is 0 Å². The van der Waals surface area contributed by atoms with Crippen molar-refractivity contribution in [3.8, 4) is 21.9 Å². The van der Waals surface area contributed by atoms with E-state index in [4.69, 9.17) is 9.47 Å². The first kappa shape index (κ1) is 52.8. The highest BCUT2D eigenvalue weighted by atomic mass is 32.2. The summed E-state index contributed by atoms with van der Waals surface area (Å²) in [7, 11) is -2.12. The van der Waals surface area contributed by atoms with E-state index in [1.165, 1.54) is 7.11 Å². The van der Waals surface area contributed by atoms with Crippen LogP contribution in [0.1, 0.15) is 147 Å². The second kappa shape index (κ2) is 23.8. The molecule has 2 N–H and O–H groups in total. The minimum Gasteiger partial charge on any atom is -0.493 e. The number of imide groups is 1. The summed E-state index contributed by atoms with van der Waals surface area (Å²) in [5.74, 6) is -1.19. The number of ether oxygens (including phenoxy) is 2. The number of nitrogens with one attached hydrogen (secondary N) is 2. The van der Waals surface area contributed by atoms with Gasteiger partial charge >= 0.3 is 0 Å². The van der Waals surface area contributed by atoms with Gasteiger partial charge in [0, 0.05) is 25.8 Å². The van der Waals surface area contributed by atoms with Crippen LogP contribution in [-0.4, -0.2) is 97.1 Å². The molecule has 3 atom stereocenters. The van der Waals surface area contributed by atoms with Crippen LogP contribution in [0.25, 0.3) is 10.4 Å². The van der Waals surface area contributed by atoms with Crippen molar-refractivity contribution in [2.24, 2.45) is 5.41 Å². The Morgan fingerprint density at radius 1 is 0.913 bits per heavy atom. The summed E-state index contributed by atoms with van der Waals surface area (Å²) in [5, 5.41) is 6.06. The second-order valence-electron chi connectivity index (χ2n) is 19.3. The Bertz CT molecular complexity index is 2570. The number of rotatable bonds is 24. The molecule has 16 heteroatoms. The number of thiazole rings is 1. The molecule has 4 aromatic rings. The predicted molar refractivity (Wildman–Crippen MR) is 269 cm³/mol. The van der Waals surface area contributed by atoms with Gasteiger partial charge in [0.05, 0.1) is 52.7 Å². The monoisotopic (exact) mass is 983 g/mol. The van der Waals surface area contributed by atoms with Crippen molar-refractivity contribution in [1.29, 1.82) is 0 Å². The number of unbranched alkanes of at least 4 members (excludes halogenated alkanes) is 7. The molecule has 0 aliphatic carbocycles. The molecular formula is C53H69N5O9S2. The number of methoxy groups -OCH3 is 1. The molecule has 1 aromatic heterocycles. The third-order valence-corrected chi connectivity index (χ3v) is 14.9. The van der Waals surface area contributed by atoms with Crippen molar-refractivity contribution in [3.05, 3.63) is 99.7 Å². The van der Waals surface area contributed by atoms with Gasteiger partial charge in [0.25, 0.3) is 11.8 Å². The molecule has 3 heterocycles. The molecule has 0 radical (unpaired) electrons. The van der Waals surface area contributed by atoms with E-state index in [9.17, 15) is 32.4 Å². The standard InChI is InChI=1S/C53H69N5O9S2/c1-8-67-44-31-39(28-29-43(44)66-6)42(33-69(7,64)65)58-50(61)40-21-17-20-37(46(40)51(58)62)19-15-13-11-9-10-12-14-16-23-45(59)56-48(53(3,4)5)52(63)57-30-18-22-41(57)49(60)54-32-36-24-26-38(27-25-36)47-35(2)55-34-68-47/h17,20-21,24-29,31,34,41-42,48H,8-16,18-19,22-23,30,32-33H2,1-7H3,(H,54,60)(H,56,59)/t41?,42-,48?/m1/s1. The topological polar surface area (TPSA) is 181 Å². The third kappa shape index (κ3) is 13.6. The van der Waals surface area contributed by atoms with Crippen LogP contribution in [0.3, 0.4) is 0 Å². The Hall–Kier alpha value is -5.61. The largest absolute Gasteiger partial charge is 0.493 e. The number of nitrogens with zero attached hydrogens (tertiary/aromatic N) is 3. The van der Waals surface area contributed by atoms with Crippen molar-refractivity contribution in [1.82, 2.24) is 25.4 Å². The van der Waals surface area contributed by atoms with Gasteiger partial charge in [-0.05, 0) is 91.8 Å². The highest BCUT2D eigenvalue weighted by molar-refractivity contribution is 7.90. The zero-order valence-corrected chi connectivity index (χ0v) is 42.9. The summed E-state index contributed by atoms with van der Waals surface area (Å²) in [6.07, 6.45) is 10.7. The Morgan fingerprint density at radius 3 is 2.25 bits per heavy atom. The molecule has 5 amide bonds. The van der Waals surface area contributed by atoms with Crippen LogP contribution in [0.4, 0.5) is 0 Å². The van der Waals surface area contributed by atoms with Crippen molar-refractivity contribution in [2.45, 2.75) is 136 Å². The molecule has 6 rings (SSSR count). The average Bonchev–Trinajstić information content (AvgIpc) is 4.04. The van der Waals surface area contributed by atoms with Crippen LogP contribution in [0.5, 0.6) is 11.5 Å². The first-order chi connectivity index (χ1) is 32.9. The van der Waals surface area contributed by atoms with Gasteiger partial charge in [-0.15, -0.1) is 11.3 Å². The van der Waals surface area contributed by atoms with Crippen molar-refractivity contribution in [3.63, 3.8) is 0 Å². The van der Waals surface area contributed by atoms with Gasteiger partial charge in [-0.1, -0.05) is 102 Å². The second-order valence-corrected chi connectivity index (χ2v) is 22.4. The Balaban J connectivity index is 0.912. The van der Waals surface area contributed by atoms with E-state index in [0.717, 1.165) is 89.8 Å². The normalized spacial score (nSPS) is 15.8. The van der Waals surface area contributed by atoms with E-state index < -0.39 is 50.9 Å². The van der Waals surface area contributed by atoms with Crippen LogP contribution in [-0.2, 0) is 37.2 Å². The zero-order chi connectivity index (χ0) is 49.9. The molecule has 0 spiro atoms. The number of aromatic nitrogens is 1. The third-order valence-electron chi connectivity index (χ3n) is 13.0. The van der Waals surface area contributed by atoms with Gasteiger partial charge in [0.15, 0.2) is 11.5 Å². The fourth-order valence-corrected chi connectivity index (χ4v) is 11.0. The van der Waals surface area contributed by atoms with Gasteiger partial charge in [0.2, 0.25) is 17.7 Å². The SMILES string of the molecule is CCOc1cc([C@@H](CS(C)(=O)=O)N2C(=O)c3cccc(CCCCCCCCCCC(=O)NC(C(=O)N4CCCC4C(=O)NCc4ccc(-c5scnc5C)cc4)C(C)(C)C)c3C2=O)ccc1OC. The van der Waals surface area contributed by atoms with Gasteiger partial charge in [0.1, 0.15) is 21.9 Å². The summed E-state index contributed by atoms with van der Waals surface area (Å²) in [6, 6.07) is 15.9. The highest BCUT2D eigenvalue weighted by Gasteiger charge is 2.44. The molecule has 1 saturated heterocycles. The summed E-state index contributed by atoms with van der Waals surface area (Å²) in [6.45, 7) is 10.8. The van der Waals surface area contributed by atoms with Crippen LogP contribution >= 0.6 is 11.3 Å². The maximum atomic E-state index is 14.1. The van der Waals surface area contributed by atoms with Crippen molar-refractivity contribution >= 4 is 50.7 Å². The smallest absolute Gasteiger partial charge is 0.262 e. The first-order valence-corrected chi connectivity index (χ1v) is 27.2.